The maximum absolute atomic E-state index is 3.69. The Kier molecular flexibility index (Phi) is 3.87. The molecule has 0 aliphatic carbocycles. The van der Waals surface area contributed by atoms with Gasteiger partial charge in [-0.2, -0.15) is 0 Å². The lowest BCUT2D eigenvalue weighted by molar-refractivity contribution is 0.885. The van der Waals surface area contributed by atoms with Crippen molar-refractivity contribution in [3.8, 4) is 0 Å². The number of benzene rings is 3. The summed E-state index contributed by atoms with van der Waals surface area (Å²) in [7, 11) is 0. The molecule has 0 saturated carbocycles. The molecule has 2 nitrogen and oxygen atoms in total. The first-order chi connectivity index (χ1) is 13.6. The smallest absolute Gasteiger partial charge is 0.0647 e. The molecule has 0 aliphatic heterocycles. The molecule has 0 radical (unpaired) electrons. The molecule has 0 amide bonds. The van der Waals surface area contributed by atoms with Gasteiger partial charge in [-0.1, -0.05) is 54.1 Å². The van der Waals surface area contributed by atoms with Crippen LogP contribution in [0.1, 0.15) is 39.6 Å². The van der Waals surface area contributed by atoms with Gasteiger partial charge in [-0.3, -0.25) is 0 Å². The number of rotatable bonds is 3. The van der Waals surface area contributed by atoms with Crippen LogP contribution in [0.25, 0.3) is 21.8 Å². The minimum Gasteiger partial charge on any atom is -0.358 e. The molecule has 0 saturated heterocycles. The van der Waals surface area contributed by atoms with E-state index < -0.39 is 0 Å². The zero-order valence-corrected chi connectivity index (χ0v) is 16.5. The van der Waals surface area contributed by atoms with Gasteiger partial charge in [0.15, 0.2) is 0 Å². The van der Waals surface area contributed by atoms with Gasteiger partial charge in [-0.05, 0) is 72.5 Å². The minimum absolute atomic E-state index is 0.139. The summed E-state index contributed by atoms with van der Waals surface area (Å²) < 4.78 is 0. The number of aromatic amines is 2. The van der Waals surface area contributed by atoms with Gasteiger partial charge in [-0.25, -0.2) is 0 Å². The number of para-hydroxylation sites is 2. The summed E-state index contributed by atoms with van der Waals surface area (Å²) in [5.41, 5.74) is 10.2. The second-order valence-electron chi connectivity index (χ2n) is 7.87. The van der Waals surface area contributed by atoms with Crippen LogP contribution in [0, 0.1) is 20.8 Å². The predicted octanol–water partition coefficient (Wildman–Crippen LogP) is 6.75. The lowest BCUT2D eigenvalue weighted by atomic mass is 9.85. The van der Waals surface area contributed by atoms with Crippen molar-refractivity contribution in [1.82, 2.24) is 9.97 Å². The van der Waals surface area contributed by atoms with Gasteiger partial charge in [0, 0.05) is 22.4 Å². The van der Waals surface area contributed by atoms with Gasteiger partial charge >= 0.3 is 0 Å². The van der Waals surface area contributed by atoms with Gasteiger partial charge in [0.05, 0.1) is 5.92 Å². The van der Waals surface area contributed by atoms with E-state index in [-0.39, 0.29) is 5.92 Å². The maximum atomic E-state index is 3.69. The standard InChI is InChI=1S/C26H24N2/c1-16-12-17(2)25(18(3)13-16)26(23-14-19-8-4-6-10-21(19)27-23)24-15-20-9-5-7-11-22(20)28-24/h4-15,26-28H,1-3H3. The van der Waals surface area contributed by atoms with Gasteiger partial charge in [0.2, 0.25) is 0 Å². The molecule has 5 rings (SSSR count). The van der Waals surface area contributed by atoms with Crippen LogP contribution in [0.3, 0.4) is 0 Å². The predicted molar refractivity (Wildman–Crippen MR) is 118 cm³/mol. The van der Waals surface area contributed by atoms with E-state index in [9.17, 15) is 0 Å². The summed E-state index contributed by atoms with van der Waals surface area (Å²) in [6.07, 6.45) is 0. The second kappa shape index (κ2) is 6.42. The maximum Gasteiger partial charge on any atom is 0.0647 e. The molecule has 5 aromatic rings. The van der Waals surface area contributed by atoms with Crippen LogP contribution in [0.2, 0.25) is 0 Å². The highest BCUT2D eigenvalue weighted by Crippen LogP contribution is 2.38. The quantitative estimate of drug-likeness (QED) is 0.355. The summed E-state index contributed by atoms with van der Waals surface area (Å²) in [4.78, 5) is 7.37. The third-order valence-electron chi connectivity index (χ3n) is 5.75. The number of aromatic nitrogens is 2. The molecule has 2 heterocycles. The van der Waals surface area contributed by atoms with Crippen LogP contribution in [0.15, 0.2) is 72.8 Å². The Balaban J connectivity index is 1.79. The van der Waals surface area contributed by atoms with Crippen LogP contribution < -0.4 is 0 Å². The largest absolute Gasteiger partial charge is 0.358 e. The third kappa shape index (κ3) is 2.73. The normalized spacial score (nSPS) is 11.7. The fraction of sp³-hybridized carbons (Fsp3) is 0.154. The van der Waals surface area contributed by atoms with E-state index in [2.05, 4.69) is 104 Å². The molecule has 2 heteroatoms. The Morgan fingerprint density at radius 1 is 0.607 bits per heavy atom. The SMILES string of the molecule is Cc1cc(C)c(C(c2cc3ccccc3[nH]2)c2cc3ccccc3[nH]2)c(C)c1. The first kappa shape index (κ1) is 16.9. The zero-order chi connectivity index (χ0) is 19.3. The number of hydrogen-bond acceptors (Lipinski definition) is 0. The summed E-state index contributed by atoms with van der Waals surface area (Å²) in [6, 6.07) is 26.2. The molecule has 28 heavy (non-hydrogen) atoms. The molecule has 0 bridgehead atoms. The van der Waals surface area contributed by atoms with Crippen LogP contribution in [0.4, 0.5) is 0 Å². The van der Waals surface area contributed by atoms with E-state index in [1.165, 1.54) is 55.4 Å². The van der Waals surface area contributed by atoms with Crippen molar-refractivity contribution in [3.05, 3.63) is 106 Å². The zero-order valence-electron chi connectivity index (χ0n) is 16.5. The van der Waals surface area contributed by atoms with Crippen molar-refractivity contribution < 1.29 is 0 Å². The molecule has 0 unspecified atom stereocenters. The summed E-state index contributed by atoms with van der Waals surface area (Å²) in [5.74, 6) is 0.139. The number of hydrogen-bond donors (Lipinski definition) is 2. The highest BCUT2D eigenvalue weighted by Gasteiger charge is 2.24. The molecular formula is C26H24N2. The molecule has 138 valence electrons. The fourth-order valence-electron chi connectivity index (χ4n) is 4.63. The number of aryl methyl sites for hydroxylation is 3. The average Bonchev–Trinajstić information content (AvgIpc) is 3.28. The molecule has 2 N–H and O–H groups in total. The average molecular weight is 364 g/mol. The second-order valence-corrected chi connectivity index (χ2v) is 7.87. The molecule has 3 aromatic carbocycles. The van der Waals surface area contributed by atoms with Crippen LogP contribution in [-0.4, -0.2) is 9.97 Å². The highest BCUT2D eigenvalue weighted by atomic mass is 14.8. The molecular weight excluding hydrogens is 340 g/mol. The van der Waals surface area contributed by atoms with Crippen molar-refractivity contribution >= 4 is 21.8 Å². The van der Waals surface area contributed by atoms with Gasteiger partial charge in [0.1, 0.15) is 0 Å². The molecule has 0 aliphatic rings. The van der Waals surface area contributed by atoms with E-state index in [0.29, 0.717) is 0 Å². The molecule has 0 spiro atoms. The lowest BCUT2D eigenvalue weighted by Crippen LogP contribution is -2.08. The van der Waals surface area contributed by atoms with Crippen molar-refractivity contribution in [2.75, 3.05) is 0 Å². The van der Waals surface area contributed by atoms with Crippen molar-refractivity contribution in [2.24, 2.45) is 0 Å². The van der Waals surface area contributed by atoms with E-state index in [1.807, 2.05) is 0 Å². The van der Waals surface area contributed by atoms with Crippen LogP contribution in [-0.2, 0) is 0 Å². The minimum atomic E-state index is 0.139. The van der Waals surface area contributed by atoms with E-state index >= 15 is 0 Å². The molecule has 0 atom stereocenters. The third-order valence-corrected chi connectivity index (χ3v) is 5.75. The van der Waals surface area contributed by atoms with Crippen molar-refractivity contribution in [1.29, 1.82) is 0 Å². The Morgan fingerprint density at radius 3 is 1.54 bits per heavy atom. The van der Waals surface area contributed by atoms with Gasteiger partial charge in [0.25, 0.3) is 0 Å². The first-order valence-electron chi connectivity index (χ1n) is 9.83. The Morgan fingerprint density at radius 2 is 1.07 bits per heavy atom. The van der Waals surface area contributed by atoms with Crippen LogP contribution in [0.5, 0.6) is 0 Å². The highest BCUT2D eigenvalue weighted by molar-refractivity contribution is 5.83. The number of fused-ring (bicyclic) bond motifs is 2. The fourth-order valence-corrected chi connectivity index (χ4v) is 4.63. The van der Waals surface area contributed by atoms with Gasteiger partial charge in [-0.15, -0.1) is 0 Å². The monoisotopic (exact) mass is 364 g/mol. The summed E-state index contributed by atoms with van der Waals surface area (Å²) in [6.45, 7) is 6.63. The van der Waals surface area contributed by atoms with E-state index in [1.54, 1.807) is 0 Å². The van der Waals surface area contributed by atoms with Crippen molar-refractivity contribution in [2.45, 2.75) is 26.7 Å². The topological polar surface area (TPSA) is 31.6 Å². The van der Waals surface area contributed by atoms with E-state index in [4.69, 9.17) is 0 Å². The molecule has 2 aromatic heterocycles. The molecule has 0 fully saturated rings. The van der Waals surface area contributed by atoms with Crippen molar-refractivity contribution in [3.63, 3.8) is 0 Å². The first-order valence-corrected chi connectivity index (χ1v) is 9.83. The summed E-state index contributed by atoms with van der Waals surface area (Å²) >= 11 is 0. The number of nitrogens with one attached hydrogen (secondary N) is 2. The Hall–Kier alpha value is -3.26. The van der Waals surface area contributed by atoms with Crippen LogP contribution >= 0.6 is 0 Å². The summed E-state index contributed by atoms with van der Waals surface area (Å²) in [5, 5.41) is 2.50. The lowest BCUT2D eigenvalue weighted by Gasteiger charge is -2.21. The Bertz CT molecular complexity index is 1140. The van der Waals surface area contributed by atoms with E-state index in [0.717, 1.165) is 0 Å². The van der Waals surface area contributed by atoms with Gasteiger partial charge < -0.3 is 9.97 Å². The Labute approximate surface area is 165 Å². The number of H-pyrrole nitrogens is 2.